The molecule has 0 saturated carbocycles. The zero-order chi connectivity index (χ0) is 51.4. The van der Waals surface area contributed by atoms with E-state index < -0.39 is 0 Å². The molecule has 0 radical (unpaired) electrons. The molecule has 0 aliphatic carbocycles. The molecule has 0 aromatic heterocycles. The van der Waals surface area contributed by atoms with Gasteiger partial charge in [-0.25, -0.2) is 0 Å². The summed E-state index contributed by atoms with van der Waals surface area (Å²) in [6.07, 6.45) is 5.81. The van der Waals surface area contributed by atoms with Crippen LogP contribution in [-0.2, 0) is 66.6 Å². The molecule has 0 fully saturated rings. The third-order valence-electron chi connectivity index (χ3n) is 10.3. The lowest BCUT2D eigenvalue weighted by Crippen LogP contribution is -2.30. The van der Waals surface area contributed by atoms with Crippen molar-refractivity contribution < 1.29 is 66.6 Å². The first kappa shape index (κ1) is 70.6. The maximum atomic E-state index is 11.5. The summed E-state index contributed by atoms with van der Waals surface area (Å²) in [7, 11) is 4.76. The van der Waals surface area contributed by atoms with Gasteiger partial charge in [0.1, 0.15) is 32.5 Å². The van der Waals surface area contributed by atoms with Gasteiger partial charge in [0.25, 0.3) is 0 Å². The summed E-state index contributed by atoms with van der Waals surface area (Å²) >= 11 is 1.68. The minimum absolute atomic E-state index is 0.0842. The molecule has 0 heterocycles. The summed E-state index contributed by atoms with van der Waals surface area (Å²) in [6.45, 7) is 39.9. The molecule has 64 heavy (non-hydrogen) atoms. The van der Waals surface area contributed by atoms with E-state index in [0.717, 1.165) is 37.9 Å². The standard InChI is InChI=1S/C12H24O3.C10H20O3.2C9H18O3.C9H18O2S/c1-7-12(5,6)10(13)14-8-9-15-11(2,3)4;1-6-10(3,4)9(11)13-8(2)7-12-5;2*1-5-9(2,3)8(10)12-7-6-11-4;1-5-9(2,3)8(10)11-6-7-12-4/h7-9H2,1-6H3;8H,6-7H2,1-5H3;3*5-7H2,1-4H3. The van der Waals surface area contributed by atoms with Crippen LogP contribution in [0.3, 0.4) is 0 Å². The van der Waals surface area contributed by atoms with E-state index in [-0.39, 0.29) is 68.6 Å². The largest absolute Gasteiger partial charge is 0.464 e. The van der Waals surface area contributed by atoms with Gasteiger partial charge in [0.05, 0.1) is 59.1 Å². The summed E-state index contributed by atoms with van der Waals surface area (Å²) < 4.78 is 45.2. The van der Waals surface area contributed by atoms with Crippen molar-refractivity contribution in [3.63, 3.8) is 0 Å². The zero-order valence-corrected chi connectivity index (χ0v) is 45.9. The first-order chi connectivity index (χ1) is 29.3. The molecule has 1 atom stereocenters. The van der Waals surface area contributed by atoms with Gasteiger partial charge >= 0.3 is 29.8 Å². The average Bonchev–Trinajstić information content (AvgIpc) is 3.22. The van der Waals surface area contributed by atoms with Gasteiger partial charge in [0.2, 0.25) is 0 Å². The molecule has 0 bridgehead atoms. The van der Waals surface area contributed by atoms with Crippen LogP contribution in [0.4, 0.5) is 0 Å². The van der Waals surface area contributed by atoms with Gasteiger partial charge in [-0.3, -0.25) is 24.0 Å². The Labute approximate surface area is 395 Å². The maximum Gasteiger partial charge on any atom is 0.311 e. The number of hydrogen-bond donors (Lipinski definition) is 0. The van der Waals surface area contributed by atoms with Gasteiger partial charge in [0.15, 0.2) is 0 Å². The van der Waals surface area contributed by atoms with Crippen LogP contribution in [-0.4, -0.2) is 128 Å². The van der Waals surface area contributed by atoms with Crippen LogP contribution in [0.25, 0.3) is 0 Å². The predicted octanol–water partition coefficient (Wildman–Crippen LogP) is 10.3. The Morgan fingerprint density at radius 2 is 0.703 bits per heavy atom. The highest BCUT2D eigenvalue weighted by Crippen LogP contribution is 2.24. The van der Waals surface area contributed by atoms with E-state index in [1.54, 1.807) is 33.1 Å². The molecule has 384 valence electrons. The summed E-state index contributed by atoms with van der Waals surface area (Å²) in [6, 6.07) is 0. The smallest absolute Gasteiger partial charge is 0.311 e. The van der Waals surface area contributed by atoms with Gasteiger partial charge in [0, 0.05) is 27.1 Å². The van der Waals surface area contributed by atoms with Crippen molar-refractivity contribution >= 4 is 41.6 Å². The lowest BCUT2D eigenvalue weighted by atomic mass is 9.91. The van der Waals surface area contributed by atoms with Gasteiger partial charge in [-0.15, -0.1) is 0 Å². The molecule has 15 heteroatoms. The SMILES string of the molecule is CCC(C)(C)C(=O)OC(C)COC.CCC(C)(C)C(=O)OCCOC.CCC(C)(C)C(=O)OCCOC.CCC(C)(C)C(=O)OCCOC(C)(C)C.CCC(C)(C)C(=O)OCCSC. The molecule has 0 rings (SSSR count). The molecule has 0 aliphatic rings. The zero-order valence-electron chi connectivity index (χ0n) is 45.1. The van der Waals surface area contributed by atoms with Crippen molar-refractivity contribution in [2.24, 2.45) is 27.1 Å². The van der Waals surface area contributed by atoms with E-state index in [0.29, 0.717) is 52.9 Å². The minimum atomic E-state index is -0.387. The molecule has 1 unspecified atom stereocenters. The fourth-order valence-corrected chi connectivity index (χ4v) is 3.50. The van der Waals surface area contributed by atoms with E-state index in [1.165, 1.54) is 0 Å². The number of carbonyl (C=O) groups excluding carboxylic acids is 5. The molecule has 0 aliphatic heterocycles. The van der Waals surface area contributed by atoms with E-state index in [2.05, 4.69) is 0 Å². The summed E-state index contributed by atoms with van der Waals surface area (Å²) in [4.78, 5) is 57.0. The third kappa shape index (κ3) is 38.8. The Balaban J connectivity index is -0.000000227. The van der Waals surface area contributed by atoms with Crippen molar-refractivity contribution in [3.05, 3.63) is 0 Å². The lowest BCUT2D eigenvalue weighted by molar-refractivity contribution is -0.161. The minimum Gasteiger partial charge on any atom is -0.464 e. The number of thioether (sulfide) groups is 1. The Morgan fingerprint density at radius 1 is 0.422 bits per heavy atom. The van der Waals surface area contributed by atoms with Gasteiger partial charge in [-0.1, -0.05) is 34.6 Å². The monoisotopic (exact) mass is 943 g/mol. The van der Waals surface area contributed by atoms with E-state index in [4.69, 9.17) is 42.6 Å². The number of rotatable bonds is 25. The molecule has 0 aromatic carbocycles. The molecule has 14 nitrogen and oxygen atoms in total. The second-order valence-corrected chi connectivity index (χ2v) is 20.3. The molecule has 0 spiro atoms. The van der Waals surface area contributed by atoms with E-state index >= 15 is 0 Å². The second-order valence-electron chi connectivity index (χ2n) is 19.3. The fourth-order valence-electron chi connectivity index (χ4n) is 3.25. The third-order valence-corrected chi connectivity index (χ3v) is 10.9. The highest BCUT2D eigenvalue weighted by Gasteiger charge is 2.30. The van der Waals surface area contributed by atoms with Crippen molar-refractivity contribution in [2.75, 3.05) is 86.2 Å². The van der Waals surface area contributed by atoms with Gasteiger partial charge in [-0.05, 0) is 135 Å². The van der Waals surface area contributed by atoms with Crippen molar-refractivity contribution in [1.82, 2.24) is 0 Å². The highest BCUT2D eigenvalue weighted by atomic mass is 32.2. The van der Waals surface area contributed by atoms with Crippen LogP contribution in [0.1, 0.15) is 164 Å². The van der Waals surface area contributed by atoms with Crippen LogP contribution in [0.15, 0.2) is 0 Å². The van der Waals surface area contributed by atoms with Gasteiger partial charge < -0.3 is 42.6 Å². The van der Waals surface area contributed by atoms with Crippen molar-refractivity contribution in [3.8, 4) is 0 Å². The first-order valence-electron chi connectivity index (χ1n) is 22.8. The molecule has 0 aromatic rings. The van der Waals surface area contributed by atoms with Crippen molar-refractivity contribution in [1.29, 1.82) is 0 Å². The predicted molar refractivity (Wildman–Crippen MR) is 259 cm³/mol. The average molecular weight is 943 g/mol. The first-order valence-corrected chi connectivity index (χ1v) is 24.1. The quantitative estimate of drug-likeness (QED) is 0.0481. The summed E-state index contributed by atoms with van der Waals surface area (Å²) in [5.41, 5.74) is -2.00. The Bertz CT molecular complexity index is 1140. The number of hydrogen-bond acceptors (Lipinski definition) is 15. The second kappa shape index (κ2) is 37.6. The normalized spacial score (nSPS) is 12.2. The topological polar surface area (TPSA) is 168 Å². The van der Waals surface area contributed by atoms with Crippen molar-refractivity contribution in [2.45, 2.75) is 175 Å². The summed E-state index contributed by atoms with van der Waals surface area (Å²) in [5, 5.41) is 0. The van der Waals surface area contributed by atoms with E-state index in [9.17, 15) is 24.0 Å². The summed E-state index contributed by atoms with van der Waals surface area (Å²) in [5.74, 6) is 0.191. The van der Waals surface area contributed by atoms with Crippen LogP contribution in [0.2, 0.25) is 0 Å². The fraction of sp³-hybridized carbons (Fsp3) is 0.898. The van der Waals surface area contributed by atoms with Crippen LogP contribution < -0.4 is 0 Å². The van der Waals surface area contributed by atoms with Gasteiger partial charge in [-0.2, -0.15) is 11.8 Å². The molecule has 0 amide bonds. The molecular formula is C49H98O14S. The van der Waals surface area contributed by atoms with Crippen LogP contribution in [0.5, 0.6) is 0 Å². The van der Waals surface area contributed by atoms with Crippen LogP contribution in [0, 0.1) is 27.1 Å². The van der Waals surface area contributed by atoms with E-state index in [1.807, 2.05) is 138 Å². The molecule has 0 N–H and O–H groups in total. The number of esters is 5. The Morgan fingerprint density at radius 3 is 0.953 bits per heavy atom. The Kier molecular flexibility index (Phi) is 41.5. The number of ether oxygens (including phenoxy) is 9. The van der Waals surface area contributed by atoms with Crippen LogP contribution >= 0.6 is 11.8 Å². The molecule has 0 saturated heterocycles. The Hall–Kier alpha value is -2.46. The maximum absolute atomic E-state index is 11.5. The number of methoxy groups -OCH3 is 3. The number of carbonyl (C=O) groups is 5. The molecular weight excluding hydrogens is 845 g/mol. The highest BCUT2D eigenvalue weighted by molar-refractivity contribution is 7.98. The lowest BCUT2D eigenvalue weighted by Gasteiger charge is -2.23.